The molecule has 1 nitrogen and oxygen atoms in total. The SMILES string of the molecule is Cc1ccc(C(=O)C2CC3C=C[C@@H]2C3)cc1. The molecule has 2 unspecified atom stereocenters. The van der Waals surface area contributed by atoms with Gasteiger partial charge in [-0.1, -0.05) is 42.0 Å². The minimum atomic E-state index is 0.248. The number of fused-ring (bicyclic) bond motifs is 2. The lowest BCUT2D eigenvalue weighted by molar-refractivity contribution is 0.0901. The number of benzene rings is 1. The fourth-order valence-corrected chi connectivity index (χ4v) is 3.01. The quantitative estimate of drug-likeness (QED) is 0.542. The van der Waals surface area contributed by atoms with Gasteiger partial charge in [-0.2, -0.15) is 0 Å². The van der Waals surface area contributed by atoms with Gasteiger partial charge in [-0.3, -0.25) is 4.79 Å². The molecule has 0 N–H and O–H groups in total. The van der Waals surface area contributed by atoms with Crippen molar-refractivity contribution in [3.05, 3.63) is 47.5 Å². The van der Waals surface area contributed by atoms with E-state index in [9.17, 15) is 4.79 Å². The first kappa shape index (κ1) is 9.83. The minimum Gasteiger partial charge on any atom is -0.294 e. The Morgan fingerprint density at radius 1 is 1.12 bits per heavy atom. The van der Waals surface area contributed by atoms with Crippen LogP contribution in [0, 0.1) is 24.7 Å². The van der Waals surface area contributed by atoms with E-state index >= 15 is 0 Å². The molecule has 2 aliphatic rings. The maximum absolute atomic E-state index is 12.3. The number of Topliss-reactive ketones (excluding diaryl/α,β-unsaturated/α-hetero) is 1. The van der Waals surface area contributed by atoms with Crippen molar-refractivity contribution in [3.8, 4) is 0 Å². The Bertz CT molecular complexity index is 441. The van der Waals surface area contributed by atoms with Crippen LogP contribution < -0.4 is 0 Å². The lowest BCUT2D eigenvalue weighted by atomic mass is 9.86. The van der Waals surface area contributed by atoms with Gasteiger partial charge < -0.3 is 0 Å². The number of carbonyl (C=O) groups is 1. The molecule has 0 radical (unpaired) electrons. The predicted molar refractivity (Wildman–Crippen MR) is 64.4 cm³/mol. The first-order chi connectivity index (χ1) is 7.74. The molecule has 3 rings (SSSR count). The van der Waals surface area contributed by atoms with Crippen LogP contribution in [0.1, 0.15) is 28.8 Å². The standard InChI is InChI=1S/C15H16O/c1-10-2-5-12(6-3-10)15(16)14-9-11-4-7-13(14)8-11/h2-7,11,13-14H,8-9H2,1H3/t11?,13-,14?/m1/s1. The van der Waals surface area contributed by atoms with Crippen LogP contribution in [-0.2, 0) is 0 Å². The summed E-state index contributed by atoms with van der Waals surface area (Å²) in [7, 11) is 0. The van der Waals surface area contributed by atoms with Gasteiger partial charge in [-0.15, -0.1) is 0 Å². The molecular formula is C15H16O. The normalized spacial score (nSPS) is 30.9. The van der Waals surface area contributed by atoms with Gasteiger partial charge in [0.2, 0.25) is 0 Å². The zero-order valence-corrected chi connectivity index (χ0v) is 9.52. The van der Waals surface area contributed by atoms with E-state index in [1.54, 1.807) is 0 Å². The number of aryl methyl sites for hydroxylation is 1. The molecule has 0 aromatic heterocycles. The summed E-state index contributed by atoms with van der Waals surface area (Å²) in [6.07, 6.45) is 6.78. The highest BCUT2D eigenvalue weighted by atomic mass is 16.1. The Hall–Kier alpha value is -1.37. The second kappa shape index (κ2) is 3.58. The molecule has 0 spiro atoms. The highest BCUT2D eigenvalue weighted by Gasteiger charge is 2.39. The molecule has 0 amide bonds. The number of hydrogen-bond donors (Lipinski definition) is 0. The average molecular weight is 212 g/mol. The van der Waals surface area contributed by atoms with Gasteiger partial charge in [0.1, 0.15) is 0 Å². The molecule has 0 aliphatic heterocycles. The lowest BCUT2D eigenvalue weighted by Gasteiger charge is -2.16. The van der Waals surface area contributed by atoms with E-state index < -0.39 is 0 Å². The Morgan fingerprint density at radius 3 is 2.44 bits per heavy atom. The molecule has 2 aliphatic carbocycles. The van der Waals surface area contributed by atoms with Gasteiger partial charge in [0.25, 0.3) is 0 Å². The Labute approximate surface area is 96.2 Å². The van der Waals surface area contributed by atoms with Crippen molar-refractivity contribution in [2.45, 2.75) is 19.8 Å². The Morgan fingerprint density at radius 2 is 1.88 bits per heavy atom. The summed E-state index contributed by atoms with van der Waals surface area (Å²) in [5.41, 5.74) is 2.10. The van der Waals surface area contributed by atoms with Crippen LogP contribution in [0.3, 0.4) is 0 Å². The number of rotatable bonds is 2. The lowest BCUT2D eigenvalue weighted by Crippen LogP contribution is -2.19. The Kier molecular flexibility index (Phi) is 2.20. The summed E-state index contributed by atoms with van der Waals surface area (Å²) in [6, 6.07) is 7.98. The number of hydrogen-bond acceptors (Lipinski definition) is 1. The van der Waals surface area contributed by atoms with Gasteiger partial charge in [-0.25, -0.2) is 0 Å². The van der Waals surface area contributed by atoms with Crippen LogP contribution >= 0.6 is 0 Å². The molecule has 0 heterocycles. The van der Waals surface area contributed by atoms with Crippen LogP contribution in [0.5, 0.6) is 0 Å². The molecule has 1 aromatic carbocycles. The van der Waals surface area contributed by atoms with Gasteiger partial charge in [0, 0.05) is 11.5 Å². The van der Waals surface area contributed by atoms with Gasteiger partial charge in [0.05, 0.1) is 0 Å². The fourth-order valence-electron chi connectivity index (χ4n) is 3.01. The molecule has 2 bridgehead atoms. The molecule has 16 heavy (non-hydrogen) atoms. The van der Waals surface area contributed by atoms with Gasteiger partial charge in [-0.05, 0) is 31.6 Å². The maximum atomic E-state index is 12.3. The van der Waals surface area contributed by atoms with E-state index in [4.69, 9.17) is 0 Å². The highest BCUT2D eigenvalue weighted by Crippen LogP contribution is 2.44. The third-order valence-electron chi connectivity index (χ3n) is 3.95. The van der Waals surface area contributed by atoms with E-state index in [1.165, 1.54) is 12.0 Å². The second-order valence-electron chi connectivity index (χ2n) is 5.12. The van der Waals surface area contributed by atoms with E-state index in [2.05, 4.69) is 19.1 Å². The molecule has 1 aromatic rings. The largest absolute Gasteiger partial charge is 0.294 e. The highest BCUT2D eigenvalue weighted by molar-refractivity contribution is 5.98. The molecule has 3 atom stereocenters. The first-order valence-corrected chi connectivity index (χ1v) is 6.03. The fraction of sp³-hybridized carbons (Fsp3) is 0.400. The zero-order valence-electron chi connectivity index (χ0n) is 9.52. The van der Waals surface area contributed by atoms with Crippen LogP contribution in [0.15, 0.2) is 36.4 Å². The van der Waals surface area contributed by atoms with Crippen molar-refractivity contribution >= 4 is 5.78 Å². The summed E-state index contributed by atoms with van der Waals surface area (Å²) >= 11 is 0. The molecule has 1 saturated carbocycles. The molecule has 82 valence electrons. The van der Waals surface area contributed by atoms with Crippen molar-refractivity contribution in [1.29, 1.82) is 0 Å². The maximum Gasteiger partial charge on any atom is 0.166 e. The summed E-state index contributed by atoms with van der Waals surface area (Å²) < 4.78 is 0. The van der Waals surface area contributed by atoms with E-state index in [1.807, 2.05) is 24.3 Å². The summed E-state index contributed by atoms with van der Waals surface area (Å²) in [5.74, 6) is 1.78. The smallest absolute Gasteiger partial charge is 0.166 e. The number of allylic oxidation sites excluding steroid dienone is 2. The zero-order chi connectivity index (χ0) is 11.1. The van der Waals surface area contributed by atoms with Crippen molar-refractivity contribution in [1.82, 2.24) is 0 Å². The summed E-state index contributed by atoms with van der Waals surface area (Å²) in [4.78, 5) is 12.3. The van der Waals surface area contributed by atoms with Gasteiger partial charge >= 0.3 is 0 Å². The predicted octanol–water partition coefficient (Wildman–Crippen LogP) is 3.39. The third-order valence-corrected chi connectivity index (χ3v) is 3.95. The molecule has 1 heteroatoms. The van der Waals surface area contributed by atoms with E-state index in [-0.39, 0.29) is 5.92 Å². The van der Waals surface area contributed by atoms with Crippen LogP contribution in [0.25, 0.3) is 0 Å². The van der Waals surface area contributed by atoms with E-state index in [0.717, 1.165) is 12.0 Å². The molecule has 1 fully saturated rings. The van der Waals surface area contributed by atoms with Crippen molar-refractivity contribution < 1.29 is 4.79 Å². The average Bonchev–Trinajstić information content (AvgIpc) is 2.91. The summed E-state index contributed by atoms with van der Waals surface area (Å²) in [6.45, 7) is 2.05. The van der Waals surface area contributed by atoms with Crippen molar-refractivity contribution in [3.63, 3.8) is 0 Å². The van der Waals surface area contributed by atoms with Crippen molar-refractivity contribution in [2.24, 2.45) is 17.8 Å². The second-order valence-corrected chi connectivity index (χ2v) is 5.12. The van der Waals surface area contributed by atoms with Crippen molar-refractivity contribution in [2.75, 3.05) is 0 Å². The number of carbonyl (C=O) groups excluding carboxylic acids is 1. The number of ketones is 1. The monoisotopic (exact) mass is 212 g/mol. The van der Waals surface area contributed by atoms with Crippen LogP contribution in [0.4, 0.5) is 0 Å². The minimum absolute atomic E-state index is 0.248. The van der Waals surface area contributed by atoms with Gasteiger partial charge in [0.15, 0.2) is 5.78 Å². The summed E-state index contributed by atoms with van der Waals surface area (Å²) in [5, 5.41) is 0. The topological polar surface area (TPSA) is 17.1 Å². The van der Waals surface area contributed by atoms with Crippen LogP contribution in [-0.4, -0.2) is 5.78 Å². The van der Waals surface area contributed by atoms with Crippen LogP contribution in [0.2, 0.25) is 0 Å². The molecular weight excluding hydrogens is 196 g/mol. The first-order valence-electron chi connectivity index (χ1n) is 6.03. The van der Waals surface area contributed by atoms with E-state index in [0.29, 0.717) is 17.6 Å². The molecule has 0 saturated heterocycles. The third kappa shape index (κ3) is 1.51. The Balaban J connectivity index is 1.83.